The normalized spacial score (nSPS) is 35.4. The topological polar surface area (TPSA) is 17.1 Å². The third kappa shape index (κ3) is 1.92. The van der Waals surface area contributed by atoms with E-state index < -0.39 is 0 Å². The van der Waals surface area contributed by atoms with Crippen molar-refractivity contribution in [2.75, 3.05) is 0 Å². The van der Waals surface area contributed by atoms with Crippen LogP contribution in [0.1, 0.15) is 46.5 Å². The molecule has 0 aromatic heterocycles. The maximum atomic E-state index is 11.5. The highest BCUT2D eigenvalue weighted by atomic mass is 16.1. The van der Waals surface area contributed by atoms with Gasteiger partial charge >= 0.3 is 0 Å². The Morgan fingerprint density at radius 1 is 1.29 bits per heavy atom. The number of hydrogen-bond acceptors (Lipinski definition) is 1. The molecule has 2 fully saturated rings. The molecule has 1 nitrogen and oxygen atoms in total. The van der Waals surface area contributed by atoms with E-state index in [1.165, 1.54) is 12.0 Å². The number of allylic oxidation sites excluding steroid dienone is 2. The largest absolute Gasteiger partial charge is 0.299 e. The molecule has 14 heavy (non-hydrogen) atoms. The fourth-order valence-electron chi connectivity index (χ4n) is 2.93. The SMILES string of the molecule is CC(C)(C)/C=C1/CC2CCC(=O)C2C1. The van der Waals surface area contributed by atoms with Crippen LogP contribution in [-0.4, -0.2) is 5.78 Å². The number of hydrogen-bond donors (Lipinski definition) is 0. The molecule has 78 valence electrons. The van der Waals surface area contributed by atoms with Crippen molar-refractivity contribution in [2.24, 2.45) is 17.3 Å². The summed E-state index contributed by atoms with van der Waals surface area (Å²) in [6, 6.07) is 0. The zero-order valence-corrected chi connectivity index (χ0v) is 9.47. The lowest BCUT2D eigenvalue weighted by Crippen LogP contribution is -2.07. The minimum Gasteiger partial charge on any atom is -0.299 e. The van der Waals surface area contributed by atoms with Crippen molar-refractivity contribution in [3.8, 4) is 0 Å². The van der Waals surface area contributed by atoms with Gasteiger partial charge in [-0.05, 0) is 30.6 Å². The smallest absolute Gasteiger partial charge is 0.136 e. The number of carbonyl (C=O) groups is 1. The van der Waals surface area contributed by atoms with Gasteiger partial charge in [0.1, 0.15) is 5.78 Å². The second-order valence-corrected chi connectivity index (χ2v) is 5.95. The van der Waals surface area contributed by atoms with Crippen molar-refractivity contribution in [1.29, 1.82) is 0 Å². The minimum atomic E-state index is 0.275. The van der Waals surface area contributed by atoms with Crippen LogP contribution >= 0.6 is 0 Å². The first-order valence-electron chi connectivity index (χ1n) is 5.69. The van der Waals surface area contributed by atoms with E-state index in [1.807, 2.05) is 0 Å². The highest BCUT2D eigenvalue weighted by Gasteiger charge is 2.40. The Bertz CT molecular complexity index is 280. The predicted molar refractivity (Wildman–Crippen MR) is 58.0 cm³/mol. The molecule has 2 aliphatic rings. The van der Waals surface area contributed by atoms with Gasteiger partial charge in [0, 0.05) is 12.3 Å². The third-order valence-electron chi connectivity index (χ3n) is 3.39. The molecule has 2 saturated carbocycles. The number of ketones is 1. The molecule has 0 aliphatic heterocycles. The Morgan fingerprint density at radius 2 is 2.00 bits per heavy atom. The second-order valence-electron chi connectivity index (χ2n) is 5.95. The number of Topliss-reactive ketones (excluding diaryl/α,β-unsaturated/α-hetero) is 1. The highest BCUT2D eigenvalue weighted by Crippen LogP contribution is 2.45. The Labute approximate surface area is 86.6 Å². The van der Waals surface area contributed by atoms with Crippen molar-refractivity contribution in [3.05, 3.63) is 11.6 Å². The van der Waals surface area contributed by atoms with Crippen LogP contribution in [0.2, 0.25) is 0 Å². The van der Waals surface area contributed by atoms with Gasteiger partial charge in [-0.2, -0.15) is 0 Å². The summed E-state index contributed by atoms with van der Waals surface area (Å²) < 4.78 is 0. The van der Waals surface area contributed by atoms with Crippen LogP contribution in [0, 0.1) is 17.3 Å². The van der Waals surface area contributed by atoms with E-state index in [0.717, 1.165) is 19.3 Å². The van der Waals surface area contributed by atoms with Crippen molar-refractivity contribution in [2.45, 2.75) is 46.5 Å². The summed E-state index contributed by atoms with van der Waals surface area (Å²) in [5.74, 6) is 1.60. The molecule has 0 bridgehead atoms. The van der Waals surface area contributed by atoms with Crippen molar-refractivity contribution < 1.29 is 4.79 Å². The van der Waals surface area contributed by atoms with Crippen molar-refractivity contribution in [3.63, 3.8) is 0 Å². The van der Waals surface area contributed by atoms with E-state index in [-0.39, 0.29) is 5.41 Å². The number of rotatable bonds is 0. The minimum absolute atomic E-state index is 0.275. The molecule has 2 atom stereocenters. The third-order valence-corrected chi connectivity index (χ3v) is 3.39. The molecule has 0 aromatic rings. The van der Waals surface area contributed by atoms with Crippen molar-refractivity contribution in [1.82, 2.24) is 0 Å². The summed E-state index contributed by atoms with van der Waals surface area (Å²) in [6.45, 7) is 6.70. The quantitative estimate of drug-likeness (QED) is 0.538. The van der Waals surface area contributed by atoms with E-state index in [9.17, 15) is 4.79 Å². The summed E-state index contributed by atoms with van der Waals surface area (Å²) >= 11 is 0. The fourth-order valence-corrected chi connectivity index (χ4v) is 2.93. The molecule has 2 rings (SSSR count). The molecular weight excluding hydrogens is 172 g/mol. The monoisotopic (exact) mass is 192 g/mol. The fraction of sp³-hybridized carbons (Fsp3) is 0.769. The van der Waals surface area contributed by atoms with Crippen LogP contribution in [-0.2, 0) is 4.79 Å². The number of fused-ring (bicyclic) bond motifs is 1. The molecule has 0 spiro atoms. The van der Waals surface area contributed by atoms with Gasteiger partial charge < -0.3 is 0 Å². The molecule has 0 amide bonds. The number of carbonyl (C=O) groups excluding carboxylic acids is 1. The maximum absolute atomic E-state index is 11.5. The first-order chi connectivity index (χ1) is 6.46. The van der Waals surface area contributed by atoms with Gasteiger partial charge in [-0.15, -0.1) is 0 Å². The Kier molecular flexibility index (Phi) is 2.29. The second kappa shape index (κ2) is 3.22. The molecule has 0 heterocycles. The standard InChI is InChI=1S/C13H20O/c1-13(2,3)8-9-6-10-4-5-12(14)11(10)7-9/h8,10-11H,4-7H2,1-3H3/b9-8-. The van der Waals surface area contributed by atoms with Crippen LogP contribution in [0.3, 0.4) is 0 Å². The van der Waals surface area contributed by atoms with Crippen LogP contribution in [0.4, 0.5) is 0 Å². The van der Waals surface area contributed by atoms with Gasteiger partial charge in [-0.3, -0.25) is 4.79 Å². The molecule has 2 aliphatic carbocycles. The van der Waals surface area contributed by atoms with Gasteiger partial charge in [-0.1, -0.05) is 32.4 Å². The summed E-state index contributed by atoms with van der Waals surface area (Å²) in [4.78, 5) is 11.5. The predicted octanol–water partition coefficient (Wildman–Crippen LogP) is 3.35. The molecular formula is C13H20O. The summed E-state index contributed by atoms with van der Waals surface area (Å²) in [6.07, 6.45) is 6.61. The van der Waals surface area contributed by atoms with Gasteiger partial charge in [0.25, 0.3) is 0 Å². The van der Waals surface area contributed by atoms with Crippen LogP contribution in [0.5, 0.6) is 0 Å². The molecule has 1 heteroatoms. The van der Waals surface area contributed by atoms with Crippen molar-refractivity contribution >= 4 is 5.78 Å². The molecule has 2 unspecified atom stereocenters. The molecule has 0 saturated heterocycles. The summed E-state index contributed by atoms with van der Waals surface area (Å²) in [5, 5.41) is 0. The van der Waals surface area contributed by atoms with Gasteiger partial charge in [-0.25, -0.2) is 0 Å². The maximum Gasteiger partial charge on any atom is 0.136 e. The molecule has 0 radical (unpaired) electrons. The van der Waals surface area contributed by atoms with E-state index in [4.69, 9.17) is 0 Å². The average Bonchev–Trinajstić information content (AvgIpc) is 2.51. The van der Waals surface area contributed by atoms with Gasteiger partial charge in [0.2, 0.25) is 0 Å². The Morgan fingerprint density at radius 3 is 2.57 bits per heavy atom. The highest BCUT2D eigenvalue weighted by molar-refractivity contribution is 5.84. The molecule has 0 aromatic carbocycles. The zero-order valence-electron chi connectivity index (χ0n) is 9.47. The van der Waals surface area contributed by atoms with Gasteiger partial charge in [0.05, 0.1) is 0 Å². The van der Waals surface area contributed by atoms with E-state index >= 15 is 0 Å². The van der Waals surface area contributed by atoms with Crippen LogP contribution in [0.15, 0.2) is 11.6 Å². The van der Waals surface area contributed by atoms with E-state index in [1.54, 1.807) is 0 Å². The Balaban J connectivity index is 2.09. The summed E-state index contributed by atoms with van der Waals surface area (Å²) in [7, 11) is 0. The summed E-state index contributed by atoms with van der Waals surface area (Å²) in [5.41, 5.74) is 1.80. The van der Waals surface area contributed by atoms with E-state index in [0.29, 0.717) is 17.6 Å². The lowest BCUT2D eigenvalue weighted by Gasteiger charge is -2.14. The lowest BCUT2D eigenvalue weighted by molar-refractivity contribution is -0.120. The van der Waals surface area contributed by atoms with Gasteiger partial charge in [0.15, 0.2) is 0 Å². The van der Waals surface area contributed by atoms with Crippen LogP contribution < -0.4 is 0 Å². The first kappa shape index (κ1) is 9.95. The molecule has 0 N–H and O–H groups in total. The average molecular weight is 192 g/mol. The van der Waals surface area contributed by atoms with Crippen LogP contribution in [0.25, 0.3) is 0 Å². The lowest BCUT2D eigenvalue weighted by atomic mass is 9.92. The first-order valence-corrected chi connectivity index (χ1v) is 5.69. The zero-order chi connectivity index (χ0) is 10.3. The Hall–Kier alpha value is -0.590. The van der Waals surface area contributed by atoms with E-state index in [2.05, 4.69) is 26.8 Å².